The van der Waals surface area contributed by atoms with E-state index in [-0.39, 0.29) is 11.1 Å². The molecule has 0 spiro atoms. The first kappa shape index (κ1) is 15.6. The highest BCUT2D eigenvalue weighted by Crippen LogP contribution is 2.31. The van der Waals surface area contributed by atoms with E-state index < -0.39 is 33.6 Å². The van der Waals surface area contributed by atoms with Crippen LogP contribution < -0.4 is 0 Å². The van der Waals surface area contributed by atoms with Crippen LogP contribution in [-0.2, 0) is 6.18 Å². The van der Waals surface area contributed by atoms with Crippen LogP contribution in [0.3, 0.4) is 0 Å². The molecule has 0 saturated carbocycles. The van der Waals surface area contributed by atoms with Crippen LogP contribution in [0.1, 0.15) is 21.5 Å². The van der Waals surface area contributed by atoms with Crippen molar-refractivity contribution in [3.8, 4) is 0 Å². The third-order valence-electron chi connectivity index (χ3n) is 2.73. The standard InChI is InChI=1S/C14H6BrF5O/c15-11-9(4-5-10(16)12(11)17)13(21)7-2-1-3-8(6-7)14(18,19)20/h1-6H. The molecule has 0 aromatic heterocycles. The van der Waals surface area contributed by atoms with E-state index >= 15 is 0 Å². The fraction of sp³-hybridized carbons (Fsp3) is 0.0714. The molecule has 110 valence electrons. The minimum absolute atomic E-state index is 0.256. The lowest BCUT2D eigenvalue weighted by molar-refractivity contribution is -0.137. The van der Waals surface area contributed by atoms with Gasteiger partial charge in [-0.05, 0) is 40.2 Å². The van der Waals surface area contributed by atoms with Crippen molar-refractivity contribution in [1.82, 2.24) is 0 Å². The van der Waals surface area contributed by atoms with Gasteiger partial charge in [-0.15, -0.1) is 0 Å². The fourth-order valence-corrected chi connectivity index (χ4v) is 2.20. The Bertz CT molecular complexity index is 709. The van der Waals surface area contributed by atoms with Gasteiger partial charge in [0.1, 0.15) is 0 Å². The molecule has 2 aromatic rings. The number of hydrogen-bond donors (Lipinski definition) is 0. The highest BCUT2D eigenvalue weighted by atomic mass is 79.9. The highest BCUT2D eigenvalue weighted by molar-refractivity contribution is 9.10. The Morgan fingerprint density at radius 2 is 1.71 bits per heavy atom. The van der Waals surface area contributed by atoms with Gasteiger partial charge in [-0.25, -0.2) is 8.78 Å². The summed E-state index contributed by atoms with van der Waals surface area (Å²) in [6.07, 6.45) is -4.60. The number of ketones is 1. The fourth-order valence-electron chi connectivity index (χ4n) is 1.69. The smallest absolute Gasteiger partial charge is 0.289 e. The average Bonchev–Trinajstić information content (AvgIpc) is 2.43. The molecule has 2 aromatic carbocycles. The van der Waals surface area contributed by atoms with Crippen LogP contribution in [0.15, 0.2) is 40.9 Å². The molecule has 0 heterocycles. The maximum absolute atomic E-state index is 13.4. The Morgan fingerprint density at radius 1 is 1.05 bits per heavy atom. The Hall–Kier alpha value is -1.76. The first-order valence-corrected chi connectivity index (χ1v) is 6.36. The molecule has 0 N–H and O–H groups in total. The van der Waals surface area contributed by atoms with Crippen LogP contribution in [0.5, 0.6) is 0 Å². The van der Waals surface area contributed by atoms with Crippen LogP contribution in [0.2, 0.25) is 0 Å². The van der Waals surface area contributed by atoms with Crippen molar-refractivity contribution >= 4 is 21.7 Å². The summed E-state index contributed by atoms with van der Waals surface area (Å²) in [5, 5.41) is 0. The SMILES string of the molecule is O=C(c1cccc(C(F)(F)F)c1)c1ccc(F)c(F)c1Br. The molecule has 1 nitrogen and oxygen atoms in total. The molecule has 21 heavy (non-hydrogen) atoms. The van der Waals surface area contributed by atoms with Crippen molar-refractivity contribution in [2.24, 2.45) is 0 Å². The van der Waals surface area contributed by atoms with Gasteiger partial charge in [0, 0.05) is 11.1 Å². The van der Waals surface area contributed by atoms with Gasteiger partial charge >= 0.3 is 6.18 Å². The molecule has 0 bridgehead atoms. The predicted molar refractivity (Wildman–Crippen MR) is 68.9 cm³/mol. The Morgan fingerprint density at radius 3 is 2.33 bits per heavy atom. The van der Waals surface area contributed by atoms with Crippen LogP contribution in [0, 0.1) is 11.6 Å². The number of rotatable bonds is 2. The molecule has 0 unspecified atom stereocenters. The molecule has 0 atom stereocenters. The highest BCUT2D eigenvalue weighted by Gasteiger charge is 2.31. The van der Waals surface area contributed by atoms with Gasteiger partial charge in [0.2, 0.25) is 0 Å². The molecule has 0 radical (unpaired) electrons. The van der Waals surface area contributed by atoms with E-state index in [1.807, 2.05) is 0 Å². The first-order chi connectivity index (χ1) is 9.71. The van der Waals surface area contributed by atoms with Crippen molar-refractivity contribution < 1.29 is 26.7 Å². The zero-order valence-corrected chi connectivity index (χ0v) is 11.7. The third kappa shape index (κ3) is 3.12. The van der Waals surface area contributed by atoms with Gasteiger partial charge in [-0.3, -0.25) is 4.79 Å². The van der Waals surface area contributed by atoms with Gasteiger partial charge in [0.15, 0.2) is 17.4 Å². The maximum atomic E-state index is 13.4. The molecule has 0 saturated heterocycles. The molecule has 2 rings (SSSR count). The summed E-state index contributed by atoms with van der Waals surface area (Å²) in [6.45, 7) is 0. The third-order valence-corrected chi connectivity index (χ3v) is 3.51. The van der Waals surface area contributed by atoms with Crippen molar-refractivity contribution in [1.29, 1.82) is 0 Å². The normalized spacial score (nSPS) is 11.5. The molecule has 0 aliphatic carbocycles. The van der Waals surface area contributed by atoms with Crippen LogP contribution in [0.4, 0.5) is 22.0 Å². The Labute approximate surface area is 124 Å². The van der Waals surface area contributed by atoms with E-state index in [2.05, 4.69) is 15.9 Å². The summed E-state index contributed by atoms with van der Waals surface area (Å²) in [5.74, 6) is -3.28. The molecule has 0 aliphatic heterocycles. The van der Waals surface area contributed by atoms with Crippen LogP contribution in [-0.4, -0.2) is 5.78 Å². The van der Waals surface area contributed by atoms with Crippen LogP contribution in [0.25, 0.3) is 0 Å². The van der Waals surface area contributed by atoms with Gasteiger partial charge in [0.05, 0.1) is 10.0 Å². The second-order valence-corrected chi connectivity index (χ2v) is 4.92. The molecule has 0 aliphatic rings. The summed E-state index contributed by atoms with van der Waals surface area (Å²) in [6, 6.07) is 5.47. The maximum Gasteiger partial charge on any atom is 0.416 e. The minimum Gasteiger partial charge on any atom is -0.289 e. The zero-order chi connectivity index (χ0) is 15.8. The molecular formula is C14H6BrF5O. The van der Waals surface area contributed by atoms with E-state index in [9.17, 15) is 26.7 Å². The lowest BCUT2D eigenvalue weighted by atomic mass is 10.0. The lowest BCUT2D eigenvalue weighted by Crippen LogP contribution is -2.09. The number of halogens is 6. The largest absolute Gasteiger partial charge is 0.416 e. The molecule has 0 fully saturated rings. The summed E-state index contributed by atoms with van der Waals surface area (Å²) in [7, 11) is 0. The predicted octanol–water partition coefficient (Wildman–Crippen LogP) is 4.98. The van der Waals surface area contributed by atoms with Gasteiger partial charge < -0.3 is 0 Å². The second kappa shape index (κ2) is 5.55. The number of carbonyl (C=O) groups is 1. The lowest BCUT2D eigenvalue weighted by Gasteiger charge is -2.09. The van der Waals surface area contributed by atoms with Gasteiger partial charge in [0.25, 0.3) is 0 Å². The number of alkyl halides is 3. The number of carbonyl (C=O) groups excluding carboxylic acids is 1. The van der Waals surface area contributed by atoms with Crippen LogP contribution >= 0.6 is 15.9 Å². The van der Waals surface area contributed by atoms with Crippen molar-refractivity contribution in [3.05, 3.63) is 69.2 Å². The zero-order valence-electron chi connectivity index (χ0n) is 10.1. The summed E-state index contributed by atoms with van der Waals surface area (Å²) in [5.41, 5.74) is -1.52. The number of benzene rings is 2. The second-order valence-electron chi connectivity index (χ2n) is 4.13. The minimum atomic E-state index is -4.60. The summed E-state index contributed by atoms with van der Waals surface area (Å²) in [4.78, 5) is 12.1. The van der Waals surface area contributed by atoms with Gasteiger partial charge in [-0.2, -0.15) is 13.2 Å². The van der Waals surface area contributed by atoms with Crippen molar-refractivity contribution in [2.75, 3.05) is 0 Å². The molecule has 0 amide bonds. The van der Waals surface area contributed by atoms with E-state index in [0.717, 1.165) is 24.3 Å². The molecular weight excluding hydrogens is 359 g/mol. The Kier molecular flexibility index (Phi) is 4.13. The van der Waals surface area contributed by atoms with E-state index in [0.29, 0.717) is 6.07 Å². The Balaban J connectivity index is 2.49. The topological polar surface area (TPSA) is 17.1 Å². The van der Waals surface area contributed by atoms with E-state index in [1.165, 1.54) is 6.07 Å². The van der Waals surface area contributed by atoms with Crippen molar-refractivity contribution in [2.45, 2.75) is 6.18 Å². The average molecular weight is 365 g/mol. The van der Waals surface area contributed by atoms with E-state index in [1.54, 1.807) is 0 Å². The number of hydrogen-bond acceptors (Lipinski definition) is 1. The monoisotopic (exact) mass is 364 g/mol. The quantitative estimate of drug-likeness (QED) is 0.417. The van der Waals surface area contributed by atoms with Crippen molar-refractivity contribution in [3.63, 3.8) is 0 Å². The molecule has 7 heteroatoms. The summed E-state index contributed by atoms with van der Waals surface area (Å²) >= 11 is 2.73. The van der Waals surface area contributed by atoms with E-state index in [4.69, 9.17) is 0 Å². The van der Waals surface area contributed by atoms with Gasteiger partial charge in [-0.1, -0.05) is 12.1 Å². The first-order valence-electron chi connectivity index (χ1n) is 5.57. The summed E-state index contributed by atoms with van der Waals surface area (Å²) < 4.78 is 63.7.